The summed E-state index contributed by atoms with van der Waals surface area (Å²) in [4.78, 5) is 0. The number of rotatable bonds is 0. The van der Waals surface area contributed by atoms with Crippen LogP contribution in [-0.2, 0) is 0 Å². The Morgan fingerprint density at radius 2 is 0.500 bits per heavy atom. The van der Waals surface area contributed by atoms with Crippen molar-refractivity contribution in [2.24, 2.45) is 0 Å². The summed E-state index contributed by atoms with van der Waals surface area (Å²) in [6, 6.07) is 35.3. The Balaban J connectivity index is 1.97. The molecule has 0 aromatic heterocycles. The van der Waals surface area contributed by atoms with E-state index in [4.69, 9.17) is 0 Å². The van der Waals surface area contributed by atoms with E-state index in [9.17, 15) is 0 Å². The quantitative estimate of drug-likeness (QED) is 0.293. The first-order valence-electron chi connectivity index (χ1n) is 8.27. The molecule has 112 valence electrons. The van der Waals surface area contributed by atoms with E-state index in [1.54, 1.807) is 0 Å². The Labute approximate surface area is 140 Å². The van der Waals surface area contributed by atoms with E-state index in [0.717, 1.165) is 0 Å². The summed E-state index contributed by atoms with van der Waals surface area (Å²) in [7, 11) is 0. The Morgan fingerprint density at radius 3 is 0.792 bits per heavy atom. The van der Waals surface area contributed by atoms with Crippen molar-refractivity contribution < 1.29 is 0 Å². The highest BCUT2D eigenvalue weighted by molar-refractivity contribution is 5.93. The molecule has 0 aliphatic carbocycles. The first-order chi connectivity index (χ1) is 11.8. The number of hydrogen-bond acceptors (Lipinski definition) is 0. The van der Waals surface area contributed by atoms with Crippen LogP contribution in [-0.4, -0.2) is 0 Å². The zero-order valence-corrected chi connectivity index (χ0v) is 13.2. The summed E-state index contributed by atoms with van der Waals surface area (Å²) in [5.74, 6) is 0. The summed E-state index contributed by atoms with van der Waals surface area (Å²) in [5, 5.41) is 10.0. The molecule has 24 heavy (non-hydrogen) atoms. The van der Waals surface area contributed by atoms with Crippen LogP contribution in [0.4, 0.5) is 0 Å². The van der Waals surface area contributed by atoms with Crippen molar-refractivity contribution in [3.63, 3.8) is 0 Å². The molecule has 0 spiro atoms. The minimum Gasteiger partial charge on any atom is -0.0544 e. The summed E-state index contributed by atoms with van der Waals surface area (Å²) in [5.41, 5.74) is 0. The molecule has 5 aromatic rings. The molecule has 0 aliphatic rings. The highest BCUT2D eigenvalue weighted by Crippen LogP contribution is 2.22. The number of benzene rings is 4. The standard InChI is InChI=1S/C24H16/c1-2-18-6-10-22-12-8-20(16-24(22)14-18)4-3-19-7-11-21-9-5-17(1)13-23(21)15-19/h1-16H. The third kappa shape index (κ3) is 2.33. The SMILES string of the molecule is c1cc2ccc3ccc(ccc4ccc5ccc1cc5c4)cc3c2. The molecule has 0 heterocycles. The zero-order chi connectivity index (χ0) is 15.9. The van der Waals surface area contributed by atoms with Gasteiger partial charge in [-0.25, -0.2) is 0 Å². The average Bonchev–Trinajstić information content (AvgIpc) is 2.63. The van der Waals surface area contributed by atoms with Crippen LogP contribution >= 0.6 is 0 Å². The molecule has 6 bridgehead atoms. The van der Waals surface area contributed by atoms with Gasteiger partial charge in [0.15, 0.2) is 0 Å². The summed E-state index contributed by atoms with van der Waals surface area (Å²) < 4.78 is 0. The van der Waals surface area contributed by atoms with Crippen molar-refractivity contribution in [2.75, 3.05) is 0 Å². The first kappa shape index (κ1) is 13.3. The summed E-state index contributed by atoms with van der Waals surface area (Å²) in [6.45, 7) is 0. The molecule has 0 unspecified atom stereocenters. The van der Waals surface area contributed by atoms with Crippen molar-refractivity contribution in [3.05, 3.63) is 97.1 Å². The lowest BCUT2D eigenvalue weighted by Gasteiger charge is -2.00. The predicted octanol–water partition coefficient (Wildman–Crippen LogP) is 6.86. The van der Waals surface area contributed by atoms with Gasteiger partial charge in [0.25, 0.3) is 0 Å². The van der Waals surface area contributed by atoms with Crippen molar-refractivity contribution in [1.82, 2.24) is 0 Å². The molecule has 5 aromatic carbocycles. The molecule has 0 radical (unpaired) electrons. The molecule has 0 heteroatoms. The molecule has 5 rings (SSSR count). The second kappa shape index (κ2) is 5.21. The topological polar surface area (TPSA) is 0 Å². The Kier molecular flexibility index (Phi) is 2.89. The Bertz CT molecular complexity index is 1060. The lowest BCUT2D eigenvalue weighted by Crippen LogP contribution is -1.74. The van der Waals surface area contributed by atoms with E-state index in [-0.39, 0.29) is 0 Å². The van der Waals surface area contributed by atoms with Crippen LogP contribution in [0.15, 0.2) is 97.1 Å². The van der Waals surface area contributed by atoms with Gasteiger partial charge in [-0.2, -0.15) is 0 Å². The van der Waals surface area contributed by atoms with Gasteiger partial charge in [0.1, 0.15) is 0 Å². The van der Waals surface area contributed by atoms with E-state index >= 15 is 0 Å². The van der Waals surface area contributed by atoms with Crippen molar-refractivity contribution in [2.45, 2.75) is 0 Å². The molecule has 0 fully saturated rings. The van der Waals surface area contributed by atoms with Crippen molar-refractivity contribution in [3.8, 4) is 0 Å². The third-order valence-electron chi connectivity index (χ3n) is 4.71. The molecule has 0 saturated heterocycles. The van der Waals surface area contributed by atoms with Crippen LogP contribution < -0.4 is 0 Å². The van der Waals surface area contributed by atoms with E-state index in [1.165, 1.54) is 43.1 Å². The van der Waals surface area contributed by atoms with Gasteiger partial charge < -0.3 is 0 Å². The van der Waals surface area contributed by atoms with Gasteiger partial charge in [0.05, 0.1) is 0 Å². The van der Waals surface area contributed by atoms with Crippen molar-refractivity contribution in [1.29, 1.82) is 0 Å². The predicted molar refractivity (Wildman–Crippen MR) is 105 cm³/mol. The Morgan fingerprint density at radius 1 is 0.250 bits per heavy atom. The van der Waals surface area contributed by atoms with Crippen LogP contribution in [0.3, 0.4) is 0 Å². The molecule has 0 amide bonds. The minimum absolute atomic E-state index is 1.23. The fraction of sp³-hybridized carbons (Fsp3) is 0. The minimum atomic E-state index is 1.23. The third-order valence-corrected chi connectivity index (χ3v) is 4.71. The summed E-state index contributed by atoms with van der Waals surface area (Å²) >= 11 is 0. The molecule has 0 nitrogen and oxygen atoms in total. The molecule has 0 aliphatic heterocycles. The first-order valence-corrected chi connectivity index (χ1v) is 8.27. The molecule has 0 saturated carbocycles. The maximum absolute atomic E-state index is 2.26. The fourth-order valence-corrected chi connectivity index (χ4v) is 3.37. The second-order valence-corrected chi connectivity index (χ2v) is 6.40. The molecule has 0 N–H and O–H groups in total. The van der Waals surface area contributed by atoms with Crippen LogP contribution in [0, 0.1) is 0 Å². The molecule has 0 atom stereocenters. The normalized spacial score (nSPS) is 11.3. The van der Waals surface area contributed by atoms with Gasteiger partial charge in [-0.3, -0.25) is 0 Å². The Hall–Kier alpha value is -3.12. The van der Waals surface area contributed by atoms with Crippen LogP contribution in [0.25, 0.3) is 43.1 Å². The highest BCUT2D eigenvalue weighted by Gasteiger charge is 1.95. The number of fused-ring (bicyclic) bond motifs is 4. The van der Waals surface area contributed by atoms with E-state index in [2.05, 4.69) is 97.1 Å². The van der Waals surface area contributed by atoms with Gasteiger partial charge in [-0.05, 0) is 67.4 Å². The lowest BCUT2D eigenvalue weighted by atomic mass is 10.0. The maximum atomic E-state index is 2.26. The monoisotopic (exact) mass is 304 g/mol. The van der Waals surface area contributed by atoms with Crippen LogP contribution in [0.2, 0.25) is 0 Å². The highest BCUT2D eigenvalue weighted by atomic mass is 14.0. The average molecular weight is 304 g/mol. The lowest BCUT2D eigenvalue weighted by molar-refractivity contribution is 1.78. The van der Waals surface area contributed by atoms with Gasteiger partial charge in [-0.15, -0.1) is 0 Å². The van der Waals surface area contributed by atoms with Gasteiger partial charge in [0.2, 0.25) is 0 Å². The number of hydrogen-bond donors (Lipinski definition) is 0. The second-order valence-electron chi connectivity index (χ2n) is 6.40. The summed E-state index contributed by atoms with van der Waals surface area (Å²) in [6.07, 6.45) is 0. The van der Waals surface area contributed by atoms with Crippen LogP contribution in [0.1, 0.15) is 0 Å². The van der Waals surface area contributed by atoms with Gasteiger partial charge in [0, 0.05) is 0 Å². The van der Waals surface area contributed by atoms with E-state index in [0.29, 0.717) is 0 Å². The van der Waals surface area contributed by atoms with Gasteiger partial charge >= 0.3 is 0 Å². The van der Waals surface area contributed by atoms with E-state index < -0.39 is 0 Å². The van der Waals surface area contributed by atoms with Gasteiger partial charge in [-0.1, -0.05) is 72.8 Å². The largest absolute Gasteiger partial charge is 0.0544 e. The molecular formula is C24H16. The smallest absolute Gasteiger partial charge is 0.0172 e. The maximum Gasteiger partial charge on any atom is -0.0172 e. The van der Waals surface area contributed by atoms with E-state index in [1.807, 2.05) is 0 Å². The zero-order valence-electron chi connectivity index (χ0n) is 13.2. The molecular weight excluding hydrogens is 288 g/mol. The van der Waals surface area contributed by atoms with Crippen LogP contribution in [0.5, 0.6) is 0 Å². The fourth-order valence-electron chi connectivity index (χ4n) is 3.37. The van der Waals surface area contributed by atoms with Crippen molar-refractivity contribution >= 4 is 43.1 Å².